The van der Waals surface area contributed by atoms with Crippen LogP contribution < -0.4 is 0 Å². The Morgan fingerprint density at radius 3 is 2.56 bits per heavy atom. The molecule has 0 bridgehead atoms. The molecular formula is C16H16N2. The quantitative estimate of drug-likeness (QED) is 0.626. The number of aromatic nitrogens is 2. The third-order valence-electron chi connectivity index (χ3n) is 3.42. The van der Waals surface area contributed by atoms with Gasteiger partial charge in [-0.15, -0.1) is 0 Å². The molecule has 18 heavy (non-hydrogen) atoms. The van der Waals surface area contributed by atoms with E-state index in [0.29, 0.717) is 0 Å². The summed E-state index contributed by atoms with van der Waals surface area (Å²) in [6.45, 7) is 6.36. The summed E-state index contributed by atoms with van der Waals surface area (Å²) in [6.07, 6.45) is 4.14. The molecule has 0 saturated heterocycles. The first-order valence-electron chi connectivity index (χ1n) is 6.16. The minimum atomic E-state index is 1.00. The third-order valence-corrected chi connectivity index (χ3v) is 3.42. The molecule has 0 atom stereocenters. The summed E-state index contributed by atoms with van der Waals surface area (Å²) in [5.74, 6) is 0. The highest BCUT2D eigenvalue weighted by Crippen LogP contribution is 2.22. The average molecular weight is 236 g/mol. The van der Waals surface area contributed by atoms with Crippen LogP contribution in [0.25, 0.3) is 16.9 Å². The number of rotatable bonds is 1. The fraction of sp³-hybridized carbons (Fsp3) is 0.188. The molecule has 0 saturated carbocycles. The average Bonchev–Trinajstić information content (AvgIpc) is 2.75. The topological polar surface area (TPSA) is 17.3 Å². The molecule has 0 spiro atoms. The van der Waals surface area contributed by atoms with Crippen molar-refractivity contribution in [1.29, 1.82) is 0 Å². The maximum absolute atomic E-state index is 4.68. The SMILES string of the molecule is Cc1ccn2cc(-c3ccc(C)c(C)c3)nc2c1. The third kappa shape index (κ3) is 1.80. The molecule has 2 nitrogen and oxygen atoms in total. The zero-order valence-corrected chi connectivity index (χ0v) is 10.9. The van der Waals surface area contributed by atoms with Crippen LogP contribution in [0.4, 0.5) is 0 Å². The molecule has 1 aromatic carbocycles. The fourth-order valence-corrected chi connectivity index (χ4v) is 2.12. The Bertz CT molecular complexity index is 723. The van der Waals surface area contributed by atoms with Gasteiger partial charge in [0.15, 0.2) is 0 Å². The fourth-order valence-electron chi connectivity index (χ4n) is 2.12. The van der Waals surface area contributed by atoms with E-state index >= 15 is 0 Å². The molecule has 0 aliphatic heterocycles. The number of hydrogen-bond donors (Lipinski definition) is 0. The summed E-state index contributed by atoms with van der Waals surface area (Å²) < 4.78 is 2.07. The van der Waals surface area contributed by atoms with E-state index in [-0.39, 0.29) is 0 Å². The Kier molecular flexibility index (Phi) is 2.44. The first kappa shape index (κ1) is 11.0. The van der Waals surface area contributed by atoms with Crippen molar-refractivity contribution in [2.24, 2.45) is 0 Å². The first-order chi connectivity index (χ1) is 8.63. The molecular weight excluding hydrogens is 220 g/mol. The second-order valence-electron chi connectivity index (χ2n) is 4.89. The number of imidazole rings is 1. The summed E-state index contributed by atoms with van der Waals surface area (Å²) >= 11 is 0. The lowest BCUT2D eigenvalue weighted by atomic mass is 10.1. The van der Waals surface area contributed by atoms with E-state index in [9.17, 15) is 0 Å². The Morgan fingerprint density at radius 2 is 1.78 bits per heavy atom. The summed E-state index contributed by atoms with van der Waals surface area (Å²) in [5.41, 5.74) is 7.07. The molecule has 0 aliphatic rings. The van der Waals surface area contributed by atoms with Crippen LogP contribution in [0.2, 0.25) is 0 Å². The van der Waals surface area contributed by atoms with Crippen LogP contribution in [0.15, 0.2) is 42.7 Å². The van der Waals surface area contributed by atoms with Gasteiger partial charge in [-0.3, -0.25) is 0 Å². The number of fused-ring (bicyclic) bond motifs is 1. The second kappa shape index (κ2) is 3.98. The van der Waals surface area contributed by atoms with Gasteiger partial charge in [0.25, 0.3) is 0 Å². The predicted molar refractivity (Wildman–Crippen MR) is 74.8 cm³/mol. The Hall–Kier alpha value is -2.09. The summed E-state index contributed by atoms with van der Waals surface area (Å²) in [7, 11) is 0. The first-order valence-corrected chi connectivity index (χ1v) is 6.16. The van der Waals surface area contributed by atoms with E-state index in [1.54, 1.807) is 0 Å². The molecule has 90 valence electrons. The van der Waals surface area contributed by atoms with Gasteiger partial charge in [-0.05, 0) is 55.7 Å². The van der Waals surface area contributed by atoms with Gasteiger partial charge >= 0.3 is 0 Å². The Morgan fingerprint density at radius 1 is 0.944 bits per heavy atom. The van der Waals surface area contributed by atoms with Crippen LogP contribution in [0.1, 0.15) is 16.7 Å². The standard InChI is InChI=1S/C16H16N2/c1-11-6-7-18-10-15(17-16(18)8-11)14-5-4-12(2)13(3)9-14/h4-10H,1-3H3. The van der Waals surface area contributed by atoms with Gasteiger partial charge in [0, 0.05) is 18.0 Å². The molecule has 0 unspecified atom stereocenters. The van der Waals surface area contributed by atoms with Crippen molar-refractivity contribution in [3.8, 4) is 11.3 Å². The monoisotopic (exact) mass is 236 g/mol. The van der Waals surface area contributed by atoms with E-state index in [1.165, 1.54) is 22.3 Å². The van der Waals surface area contributed by atoms with Gasteiger partial charge in [-0.25, -0.2) is 4.98 Å². The van der Waals surface area contributed by atoms with Gasteiger partial charge in [0.05, 0.1) is 5.69 Å². The van der Waals surface area contributed by atoms with Gasteiger partial charge in [0.2, 0.25) is 0 Å². The zero-order valence-electron chi connectivity index (χ0n) is 10.9. The summed E-state index contributed by atoms with van der Waals surface area (Å²) in [4.78, 5) is 4.68. The molecule has 0 N–H and O–H groups in total. The Balaban J connectivity index is 2.16. The van der Waals surface area contributed by atoms with Crippen LogP contribution >= 0.6 is 0 Å². The predicted octanol–water partition coefficient (Wildman–Crippen LogP) is 3.93. The van der Waals surface area contributed by atoms with Crippen molar-refractivity contribution < 1.29 is 0 Å². The zero-order chi connectivity index (χ0) is 12.7. The normalized spacial score (nSPS) is 11.1. The molecule has 0 aliphatic carbocycles. The van der Waals surface area contributed by atoms with E-state index in [0.717, 1.165) is 11.3 Å². The van der Waals surface area contributed by atoms with Crippen molar-refractivity contribution in [3.63, 3.8) is 0 Å². The lowest BCUT2D eigenvalue weighted by Crippen LogP contribution is -1.83. The Labute approximate surface area is 107 Å². The van der Waals surface area contributed by atoms with Gasteiger partial charge in [-0.1, -0.05) is 12.1 Å². The molecule has 0 amide bonds. The number of benzene rings is 1. The molecule has 0 fully saturated rings. The van der Waals surface area contributed by atoms with Crippen molar-refractivity contribution in [2.75, 3.05) is 0 Å². The van der Waals surface area contributed by atoms with Crippen LogP contribution in [-0.4, -0.2) is 9.38 Å². The summed E-state index contributed by atoms with van der Waals surface area (Å²) in [5, 5.41) is 0. The van der Waals surface area contributed by atoms with E-state index < -0.39 is 0 Å². The highest BCUT2D eigenvalue weighted by molar-refractivity contribution is 5.64. The minimum Gasteiger partial charge on any atom is -0.306 e. The smallest absolute Gasteiger partial charge is 0.137 e. The van der Waals surface area contributed by atoms with Gasteiger partial charge in [0.1, 0.15) is 5.65 Å². The molecule has 3 aromatic rings. The summed E-state index contributed by atoms with van der Waals surface area (Å²) in [6, 6.07) is 10.7. The highest BCUT2D eigenvalue weighted by atomic mass is 15.0. The number of aryl methyl sites for hydroxylation is 3. The highest BCUT2D eigenvalue weighted by Gasteiger charge is 2.05. The molecule has 0 radical (unpaired) electrons. The van der Waals surface area contributed by atoms with Crippen molar-refractivity contribution >= 4 is 5.65 Å². The van der Waals surface area contributed by atoms with Crippen molar-refractivity contribution in [2.45, 2.75) is 20.8 Å². The van der Waals surface area contributed by atoms with Crippen LogP contribution in [0.3, 0.4) is 0 Å². The molecule has 3 rings (SSSR count). The largest absolute Gasteiger partial charge is 0.306 e. The van der Waals surface area contributed by atoms with E-state index in [4.69, 9.17) is 0 Å². The molecule has 2 heterocycles. The number of pyridine rings is 1. The minimum absolute atomic E-state index is 1.00. The molecule has 2 heteroatoms. The van der Waals surface area contributed by atoms with Crippen LogP contribution in [0, 0.1) is 20.8 Å². The van der Waals surface area contributed by atoms with Crippen molar-refractivity contribution in [1.82, 2.24) is 9.38 Å². The lowest BCUT2D eigenvalue weighted by molar-refractivity contribution is 1.17. The maximum Gasteiger partial charge on any atom is 0.137 e. The van der Waals surface area contributed by atoms with Gasteiger partial charge in [-0.2, -0.15) is 0 Å². The van der Waals surface area contributed by atoms with Crippen molar-refractivity contribution in [3.05, 3.63) is 59.4 Å². The lowest BCUT2D eigenvalue weighted by Gasteiger charge is -2.01. The maximum atomic E-state index is 4.68. The molecule has 2 aromatic heterocycles. The van der Waals surface area contributed by atoms with E-state index in [2.05, 4.69) is 72.9 Å². The van der Waals surface area contributed by atoms with Gasteiger partial charge < -0.3 is 4.40 Å². The number of hydrogen-bond acceptors (Lipinski definition) is 1. The van der Waals surface area contributed by atoms with Crippen LogP contribution in [-0.2, 0) is 0 Å². The van der Waals surface area contributed by atoms with Crippen LogP contribution in [0.5, 0.6) is 0 Å². The number of nitrogens with zero attached hydrogens (tertiary/aromatic N) is 2. The van der Waals surface area contributed by atoms with E-state index in [1.807, 2.05) is 0 Å². The second-order valence-corrected chi connectivity index (χ2v) is 4.89.